The summed E-state index contributed by atoms with van der Waals surface area (Å²) in [6.45, 7) is 8.94. The van der Waals surface area contributed by atoms with Crippen LogP contribution in [-0.2, 0) is 0 Å². The summed E-state index contributed by atoms with van der Waals surface area (Å²) in [4.78, 5) is 4.62. The van der Waals surface area contributed by atoms with Gasteiger partial charge in [-0.1, -0.05) is 13.8 Å². The van der Waals surface area contributed by atoms with Gasteiger partial charge < -0.3 is 14.9 Å². The van der Waals surface area contributed by atoms with Gasteiger partial charge in [0.1, 0.15) is 0 Å². The quantitative estimate of drug-likeness (QED) is 0.633. The second kappa shape index (κ2) is 8.21. The molecular weight excluding hydrogens is 176 g/mol. The average Bonchev–Trinajstić information content (AvgIpc) is 2.15. The molecule has 3 nitrogen and oxygen atoms in total. The van der Waals surface area contributed by atoms with Crippen molar-refractivity contribution in [2.45, 2.75) is 20.3 Å². The molecule has 0 saturated carbocycles. The molecule has 0 fully saturated rings. The molecule has 0 saturated heterocycles. The molecule has 0 heterocycles. The zero-order chi connectivity index (χ0) is 11.0. The summed E-state index contributed by atoms with van der Waals surface area (Å²) in [7, 11) is 4.21. The summed E-state index contributed by atoms with van der Waals surface area (Å²) in [5.41, 5.74) is 0. The normalized spacial score (nSPS) is 13.9. The summed E-state index contributed by atoms with van der Waals surface area (Å²) in [5, 5.41) is 8.96. The average molecular weight is 202 g/mol. The van der Waals surface area contributed by atoms with E-state index in [4.69, 9.17) is 5.11 Å². The lowest BCUT2D eigenvalue weighted by molar-refractivity contribution is 0.173. The van der Waals surface area contributed by atoms with E-state index >= 15 is 0 Å². The van der Waals surface area contributed by atoms with E-state index in [9.17, 15) is 0 Å². The van der Waals surface area contributed by atoms with E-state index in [0.717, 1.165) is 26.2 Å². The van der Waals surface area contributed by atoms with Crippen LogP contribution in [-0.4, -0.2) is 61.8 Å². The van der Waals surface area contributed by atoms with Crippen molar-refractivity contribution in [1.29, 1.82) is 0 Å². The van der Waals surface area contributed by atoms with Gasteiger partial charge in [-0.25, -0.2) is 0 Å². The lowest BCUT2D eigenvalue weighted by atomic mass is 10.2. The van der Waals surface area contributed by atoms with Gasteiger partial charge in [0.05, 0.1) is 0 Å². The van der Waals surface area contributed by atoms with Gasteiger partial charge in [0, 0.05) is 13.2 Å². The van der Waals surface area contributed by atoms with Crippen LogP contribution in [0.25, 0.3) is 0 Å². The molecule has 0 amide bonds. The Morgan fingerprint density at radius 2 is 1.86 bits per heavy atom. The van der Waals surface area contributed by atoms with Gasteiger partial charge >= 0.3 is 0 Å². The Balaban J connectivity index is 3.57. The van der Waals surface area contributed by atoms with Gasteiger partial charge in [-0.3, -0.25) is 0 Å². The Morgan fingerprint density at radius 3 is 2.29 bits per heavy atom. The lowest BCUT2D eigenvalue weighted by Gasteiger charge is -2.23. The van der Waals surface area contributed by atoms with Crippen LogP contribution in [0, 0.1) is 5.92 Å². The number of aliphatic hydroxyl groups excluding tert-OH is 1. The first kappa shape index (κ1) is 13.9. The number of aliphatic hydroxyl groups is 1. The van der Waals surface area contributed by atoms with Crippen LogP contribution in [0.1, 0.15) is 20.3 Å². The van der Waals surface area contributed by atoms with Crippen molar-refractivity contribution in [3.63, 3.8) is 0 Å². The zero-order valence-electron chi connectivity index (χ0n) is 10.2. The van der Waals surface area contributed by atoms with Crippen molar-refractivity contribution in [3.8, 4) is 0 Å². The molecule has 3 heteroatoms. The predicted molar refractivity (Wildman–Crippen MR) is 61.5 cm³/mol. The number of hydrogen-bond acceptors (Lipinski definition) is 3. The van der Waals surface area contributed by atoms with Crippen molar-refractivity contribution in [3.05, 3.63) is 0 Å². The molecule has 0 rings (SSSR count). The number of rotatable bonds is 8. The van der Waals surface area contributed by atoms with E-state index in [1.165, 1.54) is 6.42 Å². The van der Waals surface area contributed by atoms with E-state index in [1.807, 2.05) is 0 Å². The van der Waals surface area contributed by atoms with Crippen molar-refractivity contribution >= 4 is 0 Å². The first-order valence-corrected chi connectivity index (χ1v) is 5.58. The van der Waals surface area contributed by atoms with Crippen LogP contribution >= 0.6 is 0 Å². The Labute approximate surface area is 88.7 Å². The maximum atomic E-state index is 8.96. The smallest absolute Gasteiger partial charge is 0.0468 e. The van der Waals surface area contributed by atoms with Crippen molar-refractivity contribution in [2.75, 3.05) is 46.9 Å². The van der Waals surface area contributed by atoms with Crippen LogP contribution in [0.15, 0.2) is 0 Å². The standard InChI is InChI=1S/C11H26N2O/c1-5-13(9-11(2)10-14)8-6-7-12(3)4/h11,14H,5-10H2,1-4H3. The van der Waals surface area contributed by atoms with E-state index in [1.54, 1.807) is 0 Å². The van der Waals surface area contributed by atoms with Crippen LogP contribution < -0.4 is 0 Å². The van der Waals surface area contributed by atoms with E-state index in [0.29, 0.717) is 12.5 Å². The molecule has 0 spiro atoms. The van der Waals surface area contributed by atoms with Gasteiger partial charge in [-0.05, 0) is 46.1 Å². The highest BCUT2D eigenvalue weighted by atomic mass is 16.3. The maximum absolute atomic E-state index is 8.96. The van der Waals surface area contributed by atoms with E-state index in [2.05, 4.69) is 37.7 Å². The second-order valence-corrected chi connectivity index (χ2v) is 4.34. The third-order valence-electron chi connectivity index (χ3n) is 2.41. The molecule has 14 heavy (non-hydrogen) atoms. The summed E-state index contributed by atoms with van der Waals surface area (Å²) in [6.07, 6.45) is 1.21. The third-order valence-corrected chi connectivity index (χ3v) is 2.41. The molecule has 0 aliphatic rings. The molecule has 0 aromatic heterocycles. The Hall–Kier alpha value is -0.120. The van der Waals surface area contributed by atoms with Crippen LogP contribution in [0.2, 0.25) is 0 Å². The van der Waals surface area contributed by atoms with Crippen LogP contribution in [0.5, 0.6) is 0 Å². The van der Waals surface area contributed by atoms with Gasteiger partial charge in [0.15, 0.2) is 0 Å². The van der Waals surface area contributed by atoms with Gasteiger partial charge in [0.25, 0.3) is 0 Å². The third kappa shape index (κ3) is 7.30. The molecule has 86 valence electrons. The molecule has 0 bridgehead atoms. The minimum Gasteiger partial charge on any atom is -0.396 e. The summed E-state index contributed by atoms with van der Waals surface area (Å²) in [6, 6.07) is 0. The maximum Gasteiger partial charge on any atom is 0.0468 e. The molecule has 1 atom stereocenters. The first-order valence-electron chi connectivity index (χ1n) is 5.58. The van der Waals surface area contributed by atoms with E-state index in [-0.39, 0.29) is 0 Å². The molecule has 0 radical (unpaired) electrons. The minimum atomic E-state index is 0.296. The summed E-state index contributed by atoms with van der Waals surface area (Å²) >= 11 is 0. The molecule has 0 aromatic carbocycles. The highest BCUT2D eigenvalue weighted by Crippen LogP contribution is 2.00. The topological polar surface area (TPSA) is 26.7 Å². The van der Waals surface area contributed by atoms with Crippen LogP contribution in [0.3, 0.4) is 0 Å². The van der Waals surface area contributed by atoms with Crippen molar-refractivity contribution < 1.29 is 5.11 Å². The fourth-order valence-corrected chi connectivity index (χ4v) is 1.49. The Bertz CT molecular complexity index is 128. The Kier molecular flexibility index (Phi) is 8.14. The molecule has 1 N–H and O–H groups in total. The monoisotopic (exact) mass is 202 g/mol. The fraction of sp³-hybridized carbons (Fsp3) is 1.00. The molecular formula is C11H26N2O. The number of nitrogens with zero attached hydrogens (tertiary/aromatic N) is 2. The van der Waals surface area contributed by atoms with E-state index < -0.39 is 0 Å². The highest BCUT2D eigenvalue weighted by Gasteiger charge is 2.07. The zero-order valence-corrected chi connectivity index (χ0v) is 10.2. The summed E-state index contributed by atoms with van der Waals surface area (Å²) in [5.74, 6) is 0.398. The molecule has 0 aromatic rings. The first-order chi connectivity index (χ1) is 6.60. The largest absolute Gasteiger partial charge is 0.396 e. The second-order valence-electron chi connectivity index (χ2n) is 4.34. The van der Waals surface area contributed by atoms with Gasteiger partial charge in [-0.2, -0.15) is 0 Å². The fourth-order valence-electron chi connectivity index (χ4n) is 1.49. The molecule has 0 aliphatic carbocycles. The predicted octanol–water partition coefficient (Wildman–Crippen LogP) is 0.888. The van der Waals surface area contributed by atoms with Crippen LogP contribution in [0.4, 0.5) is 0 Å². The number of hydrogen-bond donors (Lipinski definition) is 1. The van der Waals surface area contributed by atoms with Crippen molar-refractivity contribution in [2.24, 2.45) is 5.92 Å². The lowest BCUT2D eigenvalue weighted by Crippen LogP contribution is -2.32. The molecule has 1 unspecified atom stereocenters. The SMILES string of the molecule is CCN(CCCN(C)C)CC(C)CO. The highest BCUT2D eigenvalue weighted by molar-refractivity contribution is 4.61. The minimum absolute atomic E-state index is 0.296. The van der Waals surface area contributed by atoms with Gasteiger partial charge in [0.2, 0.25) is 0 Å². The Morgan fingerprint density at radius 1 is 1.21 bits per heavy atom. The molecule has 0 aliphatic heterocycles. The van der Waals surface area contributed by atoms with Crippen molar-refractivity contribution in [1.82, 2.24) is 9.80 Å². The summed E-state index contributed by atoms with van der Waals surface area (Å²) < 4.78 is 0. The van der Waals surface area contributed by atoms with Gasteiger partial charge in [-0.15, -0.1) is 0 Å².